The van der Waals surface area contributed by atoms with Crippen LogP contribution in [0.1, 0.15) is 23.1 Å². The van der Waals surface area contributed by atoms with E-state index in [1.807, 2.05) is 0 Å². The Morgan fingerprint density at radius 3 is 2.55 bits per heavy atom. The summed E-state index contributed by atoms with van der Waals surface area (Å²) in [6.07, 6.45) is 6.47. The maximum atomic E-state index is 5.59. The molecule has 2 N–H and O–H groups in total. The fraction of sp³-hybridized carbons (Fsp3) is 0.143. The van der Waals surface area contributed by atoms with Gasteiger partial charge in [0.1, 0.15) is 0 Å². The van der Waals surface area contributed by atoms with Crippen LogP contribution >= 0.6 is 0 Å². The highest BCUT2D eigenvalue weighted by Crippen LogP contribution is 2.21. The molecule has 0 bridgehead atoms. The molecule has 0 radical (unpaired) electrons. The van der Waals surface area contributed by atoms with Crippen LogP contribution in [0, 0.1) is 0 Å². The summed E-state index contributed by atoms with van der Waals surface area (Å²) in [5, 5.41) is 2.57. The molecule has 3 aromatic rings. The minimum Gasteiger partial charge on any atom is -0.330 e. The standard InChI is InChI=1S/C21H21N/c22-15-5-8-17-6-3-7-18(16-17)13-14-20-11-4-10-19-9-1-2-12-21(19)20/h1-4,6-7,9-14,16H,5,8,15,22H2/b14-13+. The molecule has 3 aromatic carbocycles. The molecule has 0 aliphatic heterocycles. The predicted octanol–water partition coefficient (Wildman–Crippen LogP) is 4.90. The maximum Gasteiger partial charge on any atom is -0.00741 e. The third kappa shape index (κ3) is 3.44. The minimum absolute atomic E-state index is 0.746. The van der Waals surface area contributed by atoms with Gasteiger partial charge in [-0.1, -0.05) is 78.9 Å². The second-order valence-corrected chi connectivity index (χ2v) is 5.54. The summed E-state index contributed by atoms with van der Waals surface area (Å²) < 4.78 is 0. The first kappa shape index (κ1) is 14.6. The molecule has 0 fully saturated rings. The Morgan fingerprint density at radius 1 is 0.818 bits per heavy atom. The van der Waals surface area contributed by atoms with Gasteiger partial charge in [-0.2, -0.15) is 0 Å². The van der Waals surface area contributed by atoms with Gasteiger partial charge >= 0.3 is 0 Å². The Morgan fingerprint density at radius 2 is 1.64 bits per heavy atom. The molecule has 0 atom stereocenters. The summed E-state index contributed by atoms with van der Waals surface area (Å²) in [6.45, 7) is 0.746. The normalized spacial score (nSPS) is 11.3. The lowest BCUT2D eigenvalue weighted by molar-refractivity contribution is 0.832. The molecule has 0 unspecified atom stereocenters. The fourth-order valence-corrected chi connectivity index (χ4v) is 2.74. The van der Waals surface area contributed by atoms with E-state index in [-0.39, 0.29) is 0 Å². The molecule has 22 heavy (non-hydrogen) atoms. The van der Waals surface area contributed by atoms with Gasteiger partial charge in [0.15, 0.2) is 0 Å². The zero-order chi connectivity index (χ0) is 15.2. The van der Waals surface area contributed by atoms with Crippen LogP contribution in [0.4, 0.5) is 0 Å². The van der Waals surface area contributed by atoms with Crippen LogP contribution in [0.15, 0.2) is 66.7 Å². The van der Waals surface area contributed by atoms with Gasteiger partial charge in [0.25, 0.3) is 0 Å². The van der Waals surface area contributed by atoms with Crippen molar-refractivity contribution in [1.82, 2.24) is 0 Å². The van der Waals surface area contributed by atoms with Gasteiger partial charge in [0.05, 0.1) is 0 Å². The largest absolute Gasteiger partial charge is 0.330 e. The second kappa shape index (κ2) is 7.06. The molecule has 0 amide bonds. The van der Waals surface area contributed by atoms with Gasteiger partial charge in [-0.05, 0) is 46.8 Å². The van der Waals surface area contributed by atoms with Gasteiger partial charge in [0.2, 0.25) is 0 Å². The van der Waals surface area contributed by atoms with Crippen LogP contribution < -0.4 is 5.73 Å². The van der Waals surface area contributed by atoms with Crippen molar-refractivity contribution in [1.29, 1.82) is 0 Å². The predicted molar refractivity (Wildman–Crippen MR) is 96.7 cm³/mol. The first-order valence-electron chi connectivity index (χ1n) is 7.82. The third-order valence-corrected chi connectivity index (χ3v) is 3.90. The van der Waals surface area contributed by atoms with Crippen molar-refractivity contribution in [2.75, 3.05) is 6.54 Å². The minimum atomic E-state index is 0.746. The van der Waals surface area contributed by atoms with E-state index in [4.69, 9.17) is 5.73 Å². The van der Waals surface area contributed by atoms with Crippen molar-refractivity contribution < 1.29 is 0 Å². The Kier molecular flexibility index (Phi) is 4.67. The topological polar surface area (TPSA) is 26.0 Å². The van der Waals surface area contributed by atoms with Gasteiger partial charge in [-0.15, -0.1) is 0 Å². The summed E-state index contributed by atoms with van der Waals surface area (Å²) in [5.41, 5.74) is 9.43. The molecule has 3 rings (SSSR count). The lowest BCUT2D eigenvalue weighted by Crippen LogP contribution is -2.00. The molecule has 0 saturated heterocycles. The Bertz CT molecular complexity index is 781. The van der Waals surface area contributed by atoms with E-state index in [2.05, 4.69) is 78.9 Å². The molecule has 0 spiro atoms. The quantitative estimate of drug-likeness (QED) is 0.663. The summed E-state index contributed by atoms with van der Waals surface area (Å²) >= 11 is 0. The monoisotopic (exact) mass is 287 g/mol. The Labute approximate surface area is 132 Å². The lowest BCUT2D eigenvalue weighted by atomic mass is 10.0. The second-order valence-electron chi connectivity index (χ2n) is 5.54. The van der Waals surface area contributed by atoms with E-state index in [0.717, 1.165) is 19.4 Å². The molecule has 1 nitrogen and oxygen atoms in total. The number of hydrogen-bond donors (Lipinski definition) is 1. The van der Waals surface area contributed by atoms with E-state index in [1.165, 1.54) is 27.5 Å². The van der Waals surface area contributed by atoms with Crippen molar-refractivity contribution >= 4 is 22.9 Å². The van der Waals surface area contributed by atoms with Crippen LogP contribution in [0.3, 0.4) is 0 Å². The number of hydrogen-bond acceptors (Lipinski definition) is 1. The number of fused-ring (bicyclic) bond motifs is 1. The van der Waals surface area contributed by atoms with Gasteiger partial charge < -0.3 is 5.73 Å². The van der Waals surface area contributed by atoms with Gasteiger partial charge in [-0.25, -0.2) is 0 Å². The summed E-state index contributed by atoms with van der Waals surface area (Å²) in [6, 6.07) is 23.6. The maximum absolute atomic E-state index is 5.59. The Hall–Kier alpha value is -2.38. The van der Waals surface area contributed by atoms with E-state index < -0.39 is 0 Å². The summed E-state index contributed by atoms with van der Waals surface area (Å²) in [5.74, 6) is 0. The Balaban J connectivity index is 1.87. The summed E-state index contributed by atoms with van der Waals surface area (Å²) in [4.78, 5) is 0. The molecule has 0 aliphatic rings. The van der Waals surface area contributed by atoms with Crippen LogP contribution in [0.2, 0.25) is 0 Å². The van der Waals surface area contributed by atoms with Crippen molar-refractivity contribution in [3.05, 3.63) is 83.4 Å². The first-order chi connectivity index (χ1) is 10.9. The highest BCUT2D eigenvalue weighted by Gasteiger charge is 1.97. The summed E-state index contributed by atoms with van der Waals surface area (Å²) in [7, 11) is 0. The van der Waals surface area contributed by atoms with Crippen LogP contribution in [0.25, 0.3) is 22.9 Å². The smallest absolute Gasteiger partial charge is 0.00741 e. The molecule has 0 aliphatic carbocycles. The number of aryl methyl sites for hydroxylation is 1. The molecule has 0 saturated carbocycles. The zero-order valence-corrected chi connectivity index (χ0v) is 12.7. The highest BCUT2D eigenvalue weighted by molar-refractivity contribution is 5.92. The average molecular weight is 287 g/mol. The number of benzene rings is 3. The number of rotatable bonds is 5. The molecule has 0 aromatic heterocycles. The molecular weight excluding hydrogens is 266 g/mol. The fourth-order valence-electron chi connectivity index (χ4n) is 2.74. The zero-order valence-electron chi connectivity index (χ0n) is 12.7. The highest BCUT2D eigenvalue weighted by atomic mass is 14.5. The number of nitrogens with two attached hydrogens (primary N) is 1. The third-order valence-electron chi connectivity index (χ3n) is 3.90. The van der Waals surface area contributed by atoms with E-state index in [0.29, 0.717) is 0 Å². The molecule has 1 heteroatoms. The van der Waals surface area contributed by atoms with Crippen molar-refractivity contribution in [3.8, 4) is 0 Å². The molecular formula is C21H21N. The van der Waals surface area contributed by atoms with Crippen LogP contribution in [0.5, 0.6) is 0 Å². The van der Waals surface area contributed by atoms with Crippen LogP contribution in [-0.2, 0) is 6.42 Å². The van der Waals surface area contributed by atoms with Crippen molar-refractivity contribution in [2.45, 2.75) is 12.8 Å². The van der Waals surface area contributed by atoms with Crippen molar-refractivity contribution in [2.24, 2.45) is 5.73 Å². The van der Waals surface area contributed by atoms with Gasteiger partial charge in [0, 0.05) is 0 Å². The molecule has 0 heterocycles. The lowest BCUT2D eigenvalue weighted by Gasteiger charge is -2.03. The van der Waals surface area contributed by atoms with E-state index in [9.17, 15) is 0 Å². The van der Waals surface area contributed by atoms with Crippen LogP contribution in [-0.4, -0.2) is 6.54 Å². The van der Waals surface area contributed by atoms with E-state index in [1.54, 1.807) is 0 Å². The van der Waals surface area contributed by atoms with Crippen molar-refractivity contribution in [3.63, 3.8) is 0 Å². The first-order valence-corrected chi connectivity index (χ1v) is 7.82. The molecule has 110 valence electrons. The SMILES string of the molecule is NCCCc1cccc(/C=C/c2cccc3ccccc23)c1. The average Bonchev–Trinajstić information content (AvgIpc) is 2.58. The van der Waals surface area contributed by atoms with Gasteiger partial charge in [-0.3, -0.25) is 0 Å². The van der Waals surface area contributed by atoms with E-state index >= 15 is 0 Å².